The average molecular weight is 503 g/mol. The van der Waals surface area contributed by atoms with Crippen molar-refractivity contribution in [1.29, 1.82) is 0 Å². The first-order chi connectivity index (χ1) is 18.0. The standard InChI is InChI=1S/C27H30N6O4/c34-23-14-22-20(24(30-29-22)27(37)31-8-2-1-3-9-31)13-21(23)26(36)33-15-18-5-4-17(12-19(18)16-33)25(35)32-10-6-28-7-11-32/h4-5,12-14,28,34H,1-3,6-11,15-16H2,(H,29,30). The van der Waals surface area contributed by atoms with Crippen LogP contribution in [0.15, 0.2) is 30.3 Å². The number of carbonyl (C=O) groups is 3. The van der Waals surface area contributed by atoms with E-state index in [1.807, 2.05) is 23.1 Å². The summed E-state index contributed by atoms with van der Waals surface area (Å²) in [6.07, 6.45) is 3.05. The van der Waals surface area contributed by atoms with Gasteiger partial charge in [0.05, 0.1) is 11.1 Å². The van der Waals surface area contributed by atoms with Gasteiger partial charge in [0.15, 0.2) is 5.69 Å². The van der Waals surface area contributed by atoms with Gasteiger partial charge in [0, 0.05) is 69.4 Å². The number of benzene rings is 2. The molecule has 37 heavy (non-hydrogen) atoms. The maximum Gasteiger partial charge on any atom is 0.274 e. The number of likely N-dealkylation sites (tertiary alicyclic amines) is 1. The van der Waals surface area contributed by atoms with Gasteiger partial charge in [-0.1, -0.05) is 6.07 Å². The Kier molecular flexibility index (Phi) is 6.03. The van der Waals surface area contributed by atoms with Crippen molar-refractivity contribution in [2.75, 3.05) is 39.3 Å². The van der Waals surface area contributed by atoms with Crippen LogP contribution in [-0.2, 0) is 13.1 Å². The van der Waals surface area contributed by atoms with E-state index < -0.39 is 0 Å². The number of aromatic hydroxyl groups is 1. The lowest BCUT2D eigenvalue weighted by Crippen LogP contribution is -2.46. The molecule has 3 amide bonds. The van der Waals surface area contributed by atoms with Crippen molar-refractivity contribution in [1.82, 2.24) is 30.2 Å². The Hall–Kier alpha value is -3.92. The van der Waals surface area contributed by atoms with E-state index in [1.165, 1.54) is 6.07 Å². The fourth-order valence-electron chi connectivity index (χ4n) is 5.53. The van der Waals surface area contributed by atoms with Gasteiger partial charge in [-0.25, -0.2) is 0 Å². The monoisotopic (exact) mass is 502 g/mol. The minimum atomic E-state index is -0.330. The first kappa shape index (κ1) is 23.5. The van der Waals surface area contributed by atoms with E-state index in [0.717, 1.165) is 43.5 Å². The van der Waals surface area contributed by atoms with E-state index in [9.17, 15) is 19.5 Å². The summed E-state index contributed by atoms with van der Waals surface area (Å²) in [6.45, 7) is 5.06. The molecule has 0 saturated carbocycles. The van der Waals surface area contributed by atoms with E-state index in [1.54, 1.807) is 15.9 Å². The third-order valence-corrected chi connectivity index (χ3v) is 7.62. The summed E-state index contributed by atoms with van der Waals surface area (Å²) in [7, 11) is 0. The molecule has 0 radical (unpaired) electrons. The first-order valence-corrected chi connectivity index (χ1v) is 12.9. The van der Waals surface area contributed by atoms with Crippen LogP contribution in [0, 0.1) is 0 Å². The molecule has 0 bridgehead atoms. The Labute approximate surface area is 214 Å². The number of piperazine rings is 1. The third-order valence-electron chi connectivity index (χ3n) is 7.62. The Morgan fingerprint density at radius 2 is 1.51 bits per heavy atom. The number of phenolic OH excluding ortho intramolecular Hbond substituents is 1. The van der Waals surface area contributed by atoms with Crippen LogP contribution >= 0.6 is 0 Å². The molecule has 0 spiro atoms. The Morgan fingerprint density at radius 3 is 2.30 bits per heavy atom. The molecule has 10 heteroatoms. The molecule has 3 N–H and O–H groups in total. The van der Waals surface area contributed by atoms with Crippen molar-refractivity contribution < 1.29 is 19.5 Å². The summed E-state index contributed by atoms with van der Waals surface area (Å²) >= 11 is 0. The summed E-state index contributed by atoms with van der Waals surface area (Å²) in [6, 6.07) is 8.63. The molecule has 1 aromatic heterocycles. The highest BCUT2D eigenvalue weighted by molar-refractivity contribution is 6.08. The Morgan fingerprint density at radius 1 is 0.784 bits per heavy atom. The quantitative estimate of drug-likeness (QED) is 0.504. The minimum absolute atomic E-state index is 0.00281. The number of carbonyl (C=O) groups excluding carboxylic acids is 3. The molecule has 2 aromatic carbocycles. The average Bonchev–Trinajstić information content (AvgIpc) is 3.56. The van der Waals surface area contributed by atoms with Gasteiger partial charge in [0.25, 0.3) is 17.7 Å². The predicted octanol–water partition coefficient (Wildman–Crippen LogP) is 2.10. The number of aromatic amines is 1. The molecule has 2 saturated heterocycles. The van der Waals surface area contributed by atoms with Crippen LogP contribution in [0.5, 0.6) is 5.75 Å². The molecule has 4 heterocycles. The van der Waals surface area contributed by atoms with E-state index in [4.69, 9.17) is 0 Å². The van der Waals surface area contributed by atoms with E-state index in [-0.39, 0.29) is 34.7 Å². The zero-order chi connectivity index (χ0) is 25.5. The van der Waals surface area contributed by atoms with Crippen LogP contribution in [0.1, 0.15) is 61.6 Å². The number of H-pyrrole nitrogens is 1. The van der Waals surface area contributed by atoms with Crippen molar-refractivity contribution in [3.05, 3.63) is 58.3 Å². The Balaban J connectivity index is 1.23. The highest BCUT2D eigenvalue weighted by Crippen LogP contribution is 2.31. The van der Waals surface area contributed by atoms with Gasteiger partial charge in [-0.2, -0.15) is 5.10 Å². The molecule has 2 fully saturated rings. The number of fused-ring (bicyclic) bond motifs is 2. The fraction of sp³-hybridized carbons (Fsp3) is 0.407. The van der Waals surface area contributed by atoms with Crippen molar-refractivity contribution in [3.8, 4) is 5.75 Å². The molecule has 192 valence electrons. The SMILES string of the molecule is O=C(c1ccc2c(c1)CN(C(=O)c1cc3c(C(=O)N4CCCCC4)n[nH]c3cc1O)C2)N1CCNCC1. The van der Waals surface area contributed by atoms with Crippen LogP contribution in [-0.4, -0.2) is 87.0 Å². The van der Waals surface area contributed by atoms with Crippen LogP contribution in [0.3, 0.4) is 0 Å². The van der Waals surface area contributed by atoms with Crippen molar-refractivity contribution >= 4 is 28.6 Å². The smallest absolute Gasteiger partial charge is 0.274 e. The van der Waals surface area contributed by atoms with E-state index in [0.29, 0.717) is 55.7 Å². The molecule has 3 aromatic rings. The maximum absolute atomic E-state index is 13.5. The number of aromatic nitrogens is 2. The summed E-state index contributed by atoms with van der Waals surface area (Å²) in [5.41, 5.74) is 3.45. The number of piperidine rings is 1. The van der Waals surface area contributed by atoms with Crippen molar-refractivity contribution in [2.24, 2.45) is 0 Å². The zero-order valence-corrected chi connectivity index (χ0v) is 20.6. The molecule has 3 aliphatic heterocycles. The number of amides is 3. The number of rotatable bonds is 3. The van der Waals surface area contributed by atoms with Crippen molar-refractivity contribution in [3.63, 3.8) is 0 Å². The van der Waals surface area contributed by atoms with Gasteiger partial charge in [-0.3, -0.25) is 19.5 Å². The fourth-order valence-corrected chi connectivity index (χ4v) is 5.53. The topological polar surface area (TPSA) is 122 Å². The first-order valence-electron chi connectivity index (χ1n) is 12.9. The molecular formula is C27H30N6O4. The van der Waals surface area contributed by atoms with Crippen LogP contribution in [0.4, 0.5) is 0 Å². The van der Waals surface area contributed by atoms with E-state index in [2.05, 4.69) is 15.5 Å². The van der Waals surface area contributed by atoms with Gasteiger partial charge in [-0.15, -0.1) is 0 Å². The molecule has 0 aliphatic carbocycles. The van der Waals surface area contributed by atoms with Gasteiger partial charge in [0.1, 0.15) is 5.75 Å². The molecular weight excluding hydrogens is 472 g/mol. The molecule has 10 nitrogen and oxygen atoms in total. The largest absolute Gasteiger partial charge is 0.507 e. The minimum Gasteiger partial charge on any atom is -0.507 e. The zero-order valence-electron chi connectivity index (χ0n) is 20.6. The number of hydrogen-bond donors (Lipinski definition) is 3. The van der Waals surface area contributed by atoms with Gasteiger partial charge in [0.2, 0.25) is 0 Å². The number of nitrogens with one attached hydrogen (secondary N) is 2. The third kappa shape index (κ3) is 4.31. The van der Waals surface area contributed by atoms with Crippen molar-refractivity contribution in [2.45, 2.75) is 32.4 Å². The number of phenols is 1. The highest BCUT2D eigenvalue weighted by atomic mass is 16.3. The van der Waals surface area contributed by atoms with Gasteiger partial charge < -0.3 is 25.1 Å². The van der Waals surface area contributed by atoms with Gasteiger partial charge >= 0.3 is 0 Å². The van der Waals surface area contributed by atoms with Crippen LogP contribution in [0.2, 0.25) is 0 Å². The van der Waals surface area contributed by atoms with Gasteiger partial charge in [-0.05, 0) is 48.6 Å². The second-order valence-electron chi connectivity index (χ2n) is 10.0. The lowest BCUT2D eigenvalue weighted by atomic mass is 10.1. The van der Waals surface area contributed by atoms with Crippen LogP contribution < -0.4 is 5.32 Å². The summed E-state index contributed by atoms with van der Waals surface area (Å²) in [4.78, 5) is 44.8. The second kappa shape index (κ2) is 9.51. The lowest BCUT2D eigenvalue weighted by Gasteiger charge is -2.27. The lowest BCUT2D eigenvalue weighted by molar-refractivity contribution is 0.0716. The normalized spacial score (nSPS) is 17.8. The summed E-state index contributed by atoms with van der Waals surface area (Å²) in [5.74, 6) is -0.653. The summed E-state index contributed by atoms with van der Waals surface area (Å²) < 4.78 is 0. The molecule has 0 atom stereocenters. The highest BCUT2D eigenvalue weighted by Gasteiger charge is 2.29. The molecule has 3 aliphatic rings. The predicted molar refractivity (Wildman–Crippen MR) is 136 cm³/mol. The van der Waals surface area contributed by atoms with E-state index >= 15 is 0 Å². The molecule has 6 rings (SSSR count). The number of hydrogen-bond acceptors (Lipinski definition) is 6. The number of nitrogens with zero attached hydrogens (tertiary/aromatic N) is 4. The van der Waals surface area contributed by atoms with Crippen LogP contribution in [0.25, 0.3) is 10.9 Å². The maximum atomic E-state index is 13.5. The Bertz CT molecular complexity index is 1390. The summed E-state index contributed by atoms with van der Waals surface area (Å²) in [5, 5.41) is 21.5. The second-order valence-corrected chi connectivity index (χ2v) is 10.0. The molecule has 0 unspecified atom stereocenters.